The van der Waals surface area contributed by atoms with E-state index in [9.17, 15) is 14.4 Å². The maximum atomic E-state index is 13.0. The van der Waals surface area contributed by atoms with Gasteiger partial charge in [0.1, 0.15) is 4.88 Å². The van der Waals surface area contributed by atoms with E-state index in [1.54, 1.807) is 6.92 Å². The van der Waals surface area contributed by atoms with E-state index in [2.05, 4.69) is 10.3 Å². The number of nitrogens with one attached hydrogen (secondary N) is 1. The first kappa shape index (κ1) is 24.5. The minimum absolute atomic E-state index is 0.130. The Labute approximate surface area is 199 Å². The summed E-state index contributed by atoms with van der Waals surface area (Å²) in [6.07, 6.45) is 0. The van der Waals surface area contributed by atoms with Gasteiger partial charge in [-0.2, -0.15) is 0 Å². The number of anilines is 1. The van der Waals surface area contributed by atoms with Crippen molar-refractivity contribution in [1.82, 2.24) is 4.98 Å². The molecule has 0 bridgehead atoms. The van der Waals surface area contributed by atoms with E-state index in [0.29, 0.717) is 11.3 Å². The predicted octanol–water partition coefficient (Wildman–Crippen LogP) is 3.12. The number of thiazole rings is 1. The zero-order valence-corrected chi connectivity index (χ0v) is 19.6. The number of methoxy groups -OCH3 is 2. The van der Waals surface area contributed by atoms with Crippen LogP contribution in [0, 0.1) is 0 Å². The minimum Gasteiger partial charge on any atom is -0.493 e. The van der Waals surface area contributed by atoms with Crippen LogP contribution >= 0.6 is 11.3 Å². The summed E-state index contributed by atoms with van der Waals surface area (Å²) in [7, 11) is 2.76. The molecule has 1 aromatic heterocycles. The summed E-state index contributed by atoms with van der Waals surface area (Å²) in [6, 6.07) is 12.0. The third-order valence-corrected chi connectivity index (χ3v) is 5.39. The Morgan fingerprint density at radius 2 is 1.71 bits per heavy atom. The lowest BCUT2D eigenvalue weighted by Gasteiger charge is -2.15. The minimum atomic E-state index is -0.679. The molecular weight excluding hydrogens is 462 g/mol. The lowest BCUT2D eigenvalue weighted by molar-refractivity contribution is -0.120. The number of nitrogens with two attached hydrogens (primary N) is 1. The molecule has 2 amide bonds. The van der Waals surface area contributed by atoms with Crippen molar-refractivity contribution in [2.24, 2.45) is 5.73 Å². The number of hydrogen-bond acceptors (Lipinski definition) is 9. The summed E-state index contributed by atoms with van der Waals surface area (Å²) >= 11 is 1.00. The van der Waals surface area contributed by atoms with Crippen molar-refractivity contribution in [3.63, 3.8) is 0 Å². The molecule has 34 heavy (non-hydrogen) atoms. The number of amides is 2. The second kappa shape index (κ2) is 11.1. The fourth-order valence-electron chi connectivity index (χ4n) is 2.97. The van der Waals surface area contributed by atoms with Gasteiger partial charge in [0, 0.05) is 11.1 Å². The number of aromatic nitrogens is 1. The van der Waals surface area contributed by atoms with Crippen molar-refractivity contribution in [3.8, 4) is 28.5 Å². The highest BCUT2D eigenvalue weighted by Gasteiger charge is 2.23. The highest BCUT2D eigenvalue weighted by molar-refractivity contribution is 7.18. The van der Waals surface area contributed by atoms with Gasteiger partial charge in [-0.1, -0.05) is 41.7 Å². The molecule has 0 saturated carbocycles. The van der Waals surface area contributed by atoms with E-state index in [-0.39, 0.29) is 39.4 Å². The number of benzene rings is 2. The number of hydrogen-bond donors (Lipinski definition) is 2. The van der Waals surface area contributed by atoms with Gasteiger partial charge in [-0.15, -0.1) is 0 Å². The Kier molecular flexibility index (Phi) is 8.04. The highest BCUT2D eigenvalue weighted by atomic mass is 32.1. The van der Waals surface area contributed by atoms with Gasteiger partial charge in [0.25, 0.3) is 11.8 Å². The van der Waals surface area contributed by atoms with Gasteiger partial charge < -0.3 is 24.7 Å². The summed E-state index contributed by atoms with van der Waals surface area (Å²) in [5.74, 6) is -1.27. The van der Waals surface area contributed by atoms with E-state index in [1.165, 1.54) is 26.4 Å². The molecule has 1 heterocycles. The molecule has 0 radical (unpaired) electrons. The first-order valence-electron chi connectivity index (χ1n) is 10.1. The largest absolute Gasteiger partial charge is 0.493 e. The quantitative estimate of drug-likeness (QED) is 0.418. The number of ether oxygens (including phenoxy) is 4. The average Bonchev–Trinajstić information content (AvgIpc) is 3.26. The third kappa shape index (κ3) is 5.62. The lowest BCUT2D eigenvalue weighted by atomic mass is 10.1. The molecule has 0 aliphatic heterocycles. The molecule has 0 aliphatic carbocycles. The van der Waals surface area contributed by atoms with Crippen LogP contribution in [-0.4, -0.2) is 50.2 Å². The van der Waals surface area contributed by atoms with Crippen LogP contribution in [0.2, 0.25) is 0 Å². The van der Waals surface area contributed by atoms with E-state index in [4.69, 9.17) is 24.7 Å². The molecule has 3 rings (SSSR count). The number of rotatable bonds is 10. The Balaban J connectivity index is 1.93. The van der Waals surface area contributed by atoms with Crippen molar-refractivity contribution in [2.45, 2.75) is 6.92 Å². The molecule has 0 saturated heterocycles. The number of carbonyl (C=O) groups excluding carboxylic acids is 3. The van der Waals surface area contributed by atoms with Crippen molar-refractivity contribution >= 4 is 34.3 Å². The molecule has 0 spiro atoms. The number of carbonyl (C=O) groups is 3. The second-order valence-corrected chi connectivity index (χ2v) is 7.70. The van der Waals surface area contributed by atoms with E-state index in [1.807, 2.05) is 30.3 Å². The smallest absolute Gasteiger partial charge is 0.350 e. The third-order valence-electron chi connectivity index (χ3n) is 4.44. The molecule has 0 aliphatic rings. The van der Waals surface area contributed by atoms with Crippen LogP contribution in [0.5, 0.6) is 17.2 Å². The molecule has 3 aromatic rings. The summed E-state index contributed by atoms with van der Waals surface area (Å²) < 4.78 is 21.1. The van der Waals surface area contributed by atoms with Crippen LogP contribution in [0.25, 0.3) is 11.3 Å². The normalized spacial score (nSPS) is 10.3. The van der Waals surface area contributed by atoms with Gasteiger partial charge in [-0.25, -0.2) is 9.78 Å². The molecule has 3 N–H and O–H groups in total. The van der Waals surface area contributed by atoms with Crippen LogP contribution in [0.3, 0.4) is 0 Å². The van der Waals surface area contributed by atoms with Crippen molar-refractivity contribution in [1.29, 1.82) is 0 Å². The zero-order valence-electron chi connectivity index (χ0n) is 18.7. The van der Waals surface area contributed by atoms with Gasteiger partial charge in [0.15, 0.2) is 23.2 Å². The Morgan fingerprint density at radius 3 is 2.26 bits per heavy atom. The van der Waals surface area contributed by atoms with E-state index >= 15 is 0 Å². The molecule has 11 heteroatoms. The van der Waals surface area contributed by atoms with Gasteiger partial charge in [-0.05, 0) is 19.1 Å². The summed E-state index contributed by atoms with van der Waals surface area (Å²) in [5, 5.41) is 2.90. The second-order valence-electron chi connectivity index (χ2n) is 6.70. The molecular formula is C23H23N3O7S. The van der Waals surface area contributed by atoms with Crippen molar-refractivity contribution in [2.75, 3.05) is 32.8 Å². The topological polar surface area (TPSA) is 139 Å². The Bertz CT molecular complexity index is 1170. The Morgan fingerprint density at radius 1 is 1.06 bits per heavy atom. The molecule has 0 fully saturated rings. The number of esters is 1. The SMILES string of the molecule is CCOC(=O)c1sc(NC(=O)c2cc(OC)c(OCC(N)=O)c(OC)c2)nc1-c1ccccc1. The first-order valence-corrected chi connectivity index (χ1v) is 10.9. The molecule has 2 aromatic carbocycles. The average molecular weight is 486 g/mol. The van der Waals surface area contributed by atoms with E-state index < -0.39 is 24.4 Å². The summed E-state index contributed by atoms with van der Waals surface area (Å²) in [6.45, 7) is 1.52. The predicted molar refractivity (Wildman–Crippen MR) is 126 cm³/mol. The summed E-state index contributed by atoms with van der Waals surface area (Å²) in [4.78, 5) is 41.3. The molecule has 0 unspecified atom stereocenters. The fourth-order valence-corrected chi connectivity index (χ4v) is 3.84. The monoisotopic (exact) mass is 485 g/mol. The fraction of sp³-hybridized carbons (Fsp3) is 0.217. The Hall–Kier alpha value is -4.12. The van der Waals surface area contributed by atoms with Gasteiger partial charge >= 0.3 is 5.97 Å². The van der Waals surface area contributed by atoms with Gasteiger partial charge in [-0.3, -0.25) is 14.9 Å². The lowest BCUT2D eigenvalue weighted by Crippen LogP contribution is -2.20. The van der Waals surface area contributed by atoms with Crippen LogP contribution < -0.4 is 25.3 Å². The first-order chi connectivity index (χ1) is 16.4. The zero-order chi connectivity index (χ0) is 24.7. The standard InChI is InChI=1S/C23H23N3O7S/c1-4-32-22(29)20-18(13-8-6-5-7-9-13)25-23(34-20)26-21(28)14-10-15(30-2)19(16(11-14)31-3)33-12-17(24)27/h5-11H,4,12H2,1-3H3,(H2,24,27)(H,25,26,28). The van der Waals surface area contributed by atoms with Crippen molar-refractivity contribution in [3.05, 3.63) is 52.9 Å². The van der Waals surface area contributed by atoms with Gasteiger partial charge in [0.05, 0.1) is 26.5 Å². The number of primary amides is 1. The maximum Gasteiger partial charge on any atom is 0.350 e. The van der Waals surface area contributed by atoms with Gasteiger partial charge in [0.2, 0.25) is 5.75 Å². The summed E-state index contributed by atoms with van der Waals surface area (Å²) in [5.41, 5.74) is 6.43. The van der Waals surface area contributed by atoms with Crippen molar-refractivity contribution < 1.29 is 33.3 Å². The van der Waals surface area contributed by atoms with Crippen LogP contribution in [0.4, 0.5) is 5.13 Å². The molecule has 0 atom stereocenters. The van der Waals surface area contributed by atoms with E-state index in [0.717, 1.165) is 11.3 Å². The highest BCUT2D eigenvalue weighted by Crippen LogP contribution is 2.39. The van der Waals surface area contributed by atoms with Crippen LogP contribution in [-0.2, 0) is 9.53 Å². The maximum absolute atomic E-state index is 13.0. The number of nitrogens with zero attached hydrogens (tertiary/aromatic N) is 1. The molecule has 178 valence electrons. The molecule has 10 nitrogen and oxygen atoms in total. The van der Waals surface area contributed by atoms with Crippen LogP contribution in [0.15, 0.2) is 42.5 Å². The van der Waals surface area contributed by atoms with Crippen LogP contribution in [0.1, 0.15) is 27.0 Å².